The Kier molecular flexibility index (Phi) is 6.03. The largest absolute Gasteiger partial charge is 0.379 e. The summed E-state index contributed by atoms with van der Waals surface area (Å²) in [7, 11) is 1.79. The van der Waals surface area contributed by atoms with Gasteiger partial charge in [0.2, 0.25) is 0 Å². The van der Waals surface area contributed by atoms with Gasteiger partial charge in [-0.2, -0.15) is 0 Å². The van der Waals surface area contributed by atoms with E-state index in [4.69, 9.17) is 10.6 Å². The summed E-state index contributed by atoms with van der Waals surface area (Å²) in [5, 5.41) is 0. The number of ether oxygens (including phenoxy) is 1. The molecule has 1 aliphatic carbocycles. The van der Waals surface area contributed by atoms with E-state index in [1.807, 2.05) is 6.92 Å². The zero-order valence-electron chi connectivity index (χ0n) is 10.7. The molecule has 1 saturated carbocycles. The van der Waals surface area contributed by atoms with Gasteiger partial charge in [-0.15, -0.1) is 6.58 Å². The van der Waals surface area contributed by atoms with E-state index < -0.39 is 0 Å². The fourth-order valence-electron chi connectivity index (χ4n) is 2.79. The zero-order valence-corrected chi connectivity index (χ0v) is 10.7. The van der Waals surface area contributed by atoms with Gasteiger partial charge in [0.1, 0.15) is 0 Å². The normalized spacial score (nSPS) is 21.7. The number of nitrogens with two attached hydrogens (primary N) is 1. The average Bonchev–Trinajstić information content (AvgIpc) is 2.29. The topological polar surface area (TPSA) is 47.3 Å². The lowest BCUT2D eigenvalue weighted by molar-refractivity contribution is 0.00831. The smallest absolute Gasteiger partial charge is 0.0768 e. The van der Waals surface area contributed by atoms with E-state index in [9.17, 15) is 0 Å². The summed E-state index contributed by atoms with van der Waals surface area (Å²) in [6.07, 6.45) is 7.69. The van der Waals surface area contributed by atoms with Gasteiger partial charge in [-0.3, -0.25) is 11.3 Å². The molecule has 0 amide bonds. The fourth-order valence-corrected chi connectivity index (χ4v) is 2.79. The highest BCUT2D eigenvalue weighted by Gasteiger charge is 2.29. The second-order valence-corrected chi connectivity index (χ2v) is 5.03. The first-order valence-electron chi connectivity index (χ1n) is 6.32. The van der Waals surface area contributed by atoms with Crippen LogP contribution in [0, 0.1) is 5.92 Å². The molecule has 0 saturated heterocycles. The number of rotatable bonds is 6. The Balaban J connectivity index is 2.57. The first-order valence-corrected chi connectivity index (χ1v) is 6.32. The minimum atomic E-state index is 0.200. The first kappa shape index (κ1) is 13.7. The van der Waals surface area contributed by atoms with Crippen molar-refractivity contribution in [1.82, 2.24) is 5.43 Å². The van der Waals surface area contributed by atoms with E-state index in [0.717, 1.165) is 12.0 Å². The molecule has 0 spiro atoms. The van der Waals surface area contributed by atoms with Gasteiger partial charge in [-0.1, -0.05) is 24.8 Å². The van der Waals surface area contributed by atoms with Gasteiger partial charge in [0, 0.05) is 7.11 Å². The average molecular weight is 226 g/mol. The molecular weight excluding hydrogens is 200 g/mol. The molecule has 1 aliphatic rings. The van der Waals surface area contributed by atoms with Crippen LogP contribution < -0.4 is 11.3 Å². The van der Waals surface area contributed by atoms with Gasteiger partial charge in [-0.05, 0) is 32.1 Å². The molecule has 0 aromatic carbocycles. The summed E-state index contributed by atoms with van der Waals surface area (Å²) in [5.74, 6) is 6.29. The Morgan fingerprint density at radius 2 is 2.06 bits per heavy atom. The lowest BCUT2D eigenvalue weighted by Gasteiger charge is -2.34. The minimum Gasteiger partial charge on any atom is -0.379 e. The van der Waals surface area contributed by atoms with Crippen molar-refractivity contribution in [3.63, 3.8) is 0 Å². The standard InChI is InChI=1S/C13H26N2O/c1-10(2)9-12(15-14)13(16-3)11-7-5-4-6-8-11/h11-13,15H,1,4-9,14H2,2-3H3. The van der Waals surface area contributed by atoms with Crippen molar-refractivity contribution in [2.45, 2.75) is 57.6 Å². The molecule has 0 radical (unpaired) electrons. The Labute approximate surface area is 99.4 Å². The van der Waals surface area contributed by atoms with Crippen molar-refractivity contribution >= 4 is 0 Å². The summed E-state index contributed by atoms with van der Waals surface area (Å²) >= 11 is 0. The van der Waals surface area contributed by atoms with E-state index in [1.165, 1.54) is 32.1 Å². The highest BCUT2D eigenvalue weighted by Crippen LogP contribution is 2.30. The molecule has 3 heteroatoms. The maximum atomic E-state index is 5.66. The molecule has 3 N–H and O–H groups in total. The maximum absolute atomic E-state index is 5.66. The fraction of sp³-hybridized carbons (Fsp3) is 0.846. The van der Waals surface area contributed by atoms with E-state index >= 15 is 0 Å². The molecule has 0 heterocycles. The van der Waals surface area contributed by atoms with E-state index in [0.29, 0.717) is 5.92 Å². The van der Waals surface area contributed by atoms with Crippen molar-refractivity contribution in [2.24, 2.45) is 11.8 Å². The molecule has 0 aliphatic heterocycles. The van der Waals surface area contributed by atoms with Crippen molar-refractivity contribution in [3.05, 3.63) is 12.2 Å². The van der Waals surface area contributed by atoms with Crippen molar-refractivity contribution < 1.29 is 4.74 Å². The predicted molar refractivity (Wildman–Crippen MR) is 67.9 cm³/mol. The third-order valence-electron chi connectivity index (χ3n) is 3.57. The van der Waals surface area contributed by atoms with Gasteiger partial charge in [0.15, 0.2) is 0 Å². The molecule has 1 rings (SSSR count). The molecule has 2 atom stereocenters. The Morgan fingerprint density at radius 1 is 1.44 bits per heavy atom. The molecule has 0 bridgehead atoms. The molecular formula is C13H26N2O. The van der Waals surface area contributed by atoms with Gasteiger partial charge in [0.25, 0.3) is 0 Å². The predicted octanol–water partition coefficient (Wildman–Crippen LogP) is 2.38. The maximum Gasteiger partial charge on any atom is 0.0768 e. The molecule has 94 valence electrons. The minimum absolute atomic E-state index is 0.200. The Morgan fingerprint density at radius 3 is 2.50 bits per heavy atom. The summed E-state index contributed by atoms with van der Waals surface area (Å²) in [5.41, 5.74) is 4.05. The number of hydrogen-bond donors (Lipinski definition) is 2. The van der Waals surface area contributed by atoms with Crippen LogP contribution in [0.3, 0.4) is 0 Å². The van der Waals surface area contributed by atoms with Crippen LogP contribution in [0.2, 0.25) is 0 Å². The molecule has 3 nitrogen and oxygen atoms in total. The van der Waals surface area contributed by atoms with Crippen LogP contribution in [-0.4, -0.2) is 19.3 Å². The third kappa shape index (κ3) is 3.89. The van der Waals surface area contributed by atoms with Crippen molar-refractivity contribution in [2.75, 3.05) is 7.11 Å². The zero-order chi connectivity index (χ0) is 12.0. The number of methoxy groups -OCH3 is 1. The molecule has 0 aromatic rings. The second-order valence-electron chi connectivity index (χ2n) is 5.03. The molecule has 2 unspecified atom stereocenters. The second kappa shape index (κ2) is 7.05. The number of hydrazine groups is 1. The van der Waals surface area contributed by atoms with Crippen LogP contribution in [0.25, 0.3) is 0 Å². The van der Waals surface area contributed by atoms with Crippen LogP contribution in [0.5, 0.6) is 0 Å². The lowest BCUT2D eigenvalue weighted by atomic mass is 9.81. The van der Waals surface area contributed by atoms with Crippen LogP contribution in [-0.2, 0) is 4.74 Å². The SMILES string of the molecule is C=C(C)CC(NN)C(OC)C1CCCCC1. The highest BCUT2D eigenvalue weighted by atomic mass is 16.5. The summed E-state index contributed by atoms with van der Waals surface area (Å²) in [6.45, 7) is 5.99. The van der Waals surface area contributed by atoms with E-state index in [1.54, 1.807) is 7.11 Å². The van der Waals surface area contributed by atoms with E-state index in [2.05, 4.69) is 12.0 Å². The Hall–Kier alpha value is -0.380. The number of hydrogen-bond acceptors (Lipinski definition) is 3. The van der Waals surface area contributed by atoms with Gasteiger partial charge in [0.05, 0.1) is 12.1 Å². The van der Waals surface area contributed by atoms with Crippen LogP contribution >= 0.6 is 0 Å². The molecule has 16 heavy (non-hydrogen) atoms. The van der Waals surface area contributed by atoms with Gasteiger partial charge < -0.3 is 4.74 Å². The third-order valence-corrected chi connectivity index (χ3v) is 3.57. The van der Waals surface area contributed by atoms with Gasteiger partial charge in [-0.25, -0.2) is 0 Å². The van der Waals surface area contributed by atoms with Crippen LogP contribution in [0.1, 0.15) is 45.4 Å². The molecule has 1 fully saturated rings. The number of nitrogens with one attached hydrogen (secondary N) is 1. The quantitative estimate of drug-likeness (QED) is 0.415. The first-order chi connectivity index (χ1) is 7.69. The van der Waals surface area contributed by atoms with Crippen molar-refractivity contribution in [1.29, 1.82) is 0 Å². The van der Waals surface area contributed by atoms with Crippen LogP contribution in [0.15, 0.2) is 12.2 Å². The Bertz CT molecular complexity index is 212. The summed E-state index contributed by atoms with van der Waals surface area (Å²) in [6, 6.07) is 0.200. The summed E-state index contributed by atoms with van der Waals surface area (Å²) < 4.78 is 5.66. The summed E-state index contributed by atoms with van der Waals surface area (Å²) in [4.78, 5) is 0. The lowest BCUT2D eigenvalue weighted by Crippen LogP contribution is -2.48. The monoisotopic (exact) mass is 226 g/mol. The van der Waals surface area contributed by atoms with E-state index in [-0.39, 0.29) is 12.1 Å². The molecule has 0 aromatic heterocycles. The van der Waals surface area contributed by atoms with Gasteiger partial charge >= 0.3 is 0 Å². The van der Waals surface area contributed by atoms with Crippen molar-refractivity contribution in [3.8, 4) is 0 Å². The van der Waals surface area contributed by atoms with Crippen LogP contribution in [0.4, 0.5) is 0 Å². The highest BCUT2D eigenvalue weighted by molar-refractivity contribution is 4.96.